The number of esters is 1. The molecule has 1 aromatic rings. The fraction of sp³-hybridized carbons (Fsp3) is 0.565. The number of hydrogen-bond acceptors (Lipinski definition) is 7. The van der Waals surface area contributed by atoms with Crippen LogP contribution in [0.15, 0.2) is 29.5 Å². The average molecular weight is 447 g/mol. The molecule has 0 aromatic heterocycles. The lowest BCUT2D eigenvalue weighted by atomic mass is 9.93. The molecule has 2 amide bonds. The zero-order chi connectivity index (χ0) is 23.1. The minimum Gasteiger partial charge on any atom is -0.497 e. The van der Waals surface area contributed by atoms with Gasteiger partial charge in [-0.2, -0.15) is 0 Å². The summed E-state index contributed by atoms with van der Waals surface area (Å²) in [7, 11) is 3.13. The van der Waals surface area contributed by atoms with Crippen LogP contribution in [-0.2, 0) is 9.53 Å². The van der Waals surface area contributed by atoms with Crippen LogP contribution in [0, 0.1) is 0 Å². The number of carbonyl (C=O) groups excluding carboxylic acids is 2. The largest absolute Gasteiger partial charge is 0.497 e. The lowest BCUT2D eigenvalue weighted by Gasteiger charge is -2.38. The normalized spacial score (nSPS) is 19.9. The Kier molecular flexibility index (Phi) is 8.35. The van der Waals surface area contributed by atoms with Gasteiger partial charge in [-0.3, -0.25) is 9.80 Å². The van der Waals surface area contributed by atoms with E-state index in [0.717, 1.165) is 32.6 Å². The molecule has 9 heteroatoms. The Hall–Kier alpha value is -2.78. The van der Waals surface area contributed by atoms with Crippen LogP contribution in [0.5, 0.6) is 11.5 Å². The van der Waals surface area contributed by atoms with Crippen LogP contribution in [0.25, 0.3) is 0 Å². The maximum Gasteiger partial charge on any atom is 0.338 e. The first-order valence-corrected chi connectivity index (χ1v) is 11.2. The molecule has 1 unspecified atom stereocenters. The SMILES string of the molecule is CCOC(=O)C1=C(CN2CCCNCC2)N(CC)C(=O)NC1c1ccc(OC)cc1OC. The van der Waals surface area contributed by atoms with Crippen molar-refractivity contribution in [3.63, 3.8) is 0 Å². The molecule has 0 spiro atoms. The molecule has 1 aromatic carbocycles. The van der Waals surface area contributed by atoms with E-state index in [4.69, 9.17) is 14.2 Å². The zero-order valence-corrected chi connectivity index (χ0v) is 19.4. The van der Waals surface area contributed by atoms with Crippen LogP contribution in [0.1, 0.15) is 31.9 Å². The molecular formula is C23H34N4O5. The van der Waals surface area contributed by atoms with Crippen LogP contribution in [0.4, 0.5) is 4.79 Å². The summed E-state index contributed by atoms with van der Waals surface area (Å²) in [6.07, 6.45) is 1.01. The summed E-state index contributed by atoms with van der Waals surface area (Å²) >= 11 is 0. The summed E-state index contributed by atoms with van der Waals surface area (Å²) in [5.74, 6) is 0.721. The summed E-state index contributed by atoms with van der Waals surface area (Å²) in [6, 6.07) is 4.42. The monoisotopic (exact) mass is 446 g/mol. The van der Waals surface area contributed by atoms with Gasteiger partial charge in [0.05, 0.1) is 32.4 Å². The predicted octanol–water partition coefficient (Wildman–Crippen LogP) is 1.90. The number of nitrogens with zero attached hydrogens (tertiary/aromatic N) is 2. The third-order valence-electron chi connectivity index (χ3n) is 5.81. The molecule has 32 heavy (non-hydrogen) atoms. The van der Waals surface area contributed by atoms with Crippen molar-refractivity contribution in [3.8, 4) is 11.5 Å². The molecule has 1 saturated heterocycles. The van der Waals surface area contributed by atoms with E-state index in [2.05, 4.69) is 15.5 Å². The number of benzene rings is 1. The lowest BCUT2D eigenvalue weighted by molar-refractivity contribution is -0.139. The molecule has 0 radical (unpaired) electrons. The Labute approximate surface area is 189 Å². The highest BCUT2D eigenvalue weighted by Gasteiger charge is 2.39. The Balaban J connectivity index is 2.12. The number of likely N-dealkylation sites (N-methyl/N-ethyl adjacent to an activating group) is 1. The first-order valence-electron chi connectivity index (χ1n) is 11.2. The number of urea groups is 1. The number of carbonyl (C=O) groups is 2. The van der Waals surface area contributed by atoms with Gasteiger partial charge in [0.1, 0.15) is 11.5 Å². The molecule has 1 atom stereocenters. The van der Waals surface area contributed by atoms with Crippen LogP contribution in [0.3, 0.4) is 0 Å². The van der Waals surface area contributed by atoms with Crippen LogP contribution >= 0.6 is 0 Å². The smallest absolute Gasteiger partial charge is 0.338 e. The van der Waals surface area contributed by atoms with E-state index in [1.807, 2.05) is 13.0 Å². The highest BCUT2D eigenvalue weighted by Crippen LogP contribution is 2.38. The number of hydrogen-bond donors (Lipinski definition) is 2. The molecule has 2 aliphatic rings. The predicted molar refractivity (Wildman–Crippen MR) is 121 cm³/mol. The van der Waals surface area contributed by atoms with Gasteiger partial charge in [-0.25, -0.2) is 9.59 Å². The summed E-state index contributed by atoms with van der Waals surface area (Å²) in [5.41, 5.74) is 1.80. The third-order valence-corrected chi connectivity index (χ3v) is 5.81. The molecule has 176 valence electrons. The third kappa shape index (κ3) is 5.16. The van der Waals surface area contributed by atoms with Gasteiger partial charge in [0.2, 0.25) is 0 Å². The Morgan fingerprint density at radius 1 is 1.16 bits per heavy atom. The second-order valence-corrected chi connectivity index (χ2v) is 7.70. The van der Waals surface area contributed by atoms with Crippen molar-refractivity contribution in [2.75, 3.05) is 60.1 Å². The zero-order valence-electron chi connectivity index (χ0n) is 19.4. The van der Waals surface area contributed by atoms with Crippen LogP contribution in [0.2, 0.25) is 0 Å². The number of methoxy groups -OCH3 is 2. The Morgan fingerprint density at radius 3 is 2.66 bits per heavy atom. The van der Waals surface area contributed by atoms with Gasteiger partial charge in [0.25, 0.3) is 0 Å². The maximum atomic E-state index is 13.2. The van der Waals surface area contributed by atoms with E-state index in [1.165, 1.54) is 0 Å². The van der Waals surface area contributed by atoms with E-state index in [0.29, 0.717) is 41.4 Å². The first-order chi connectivity index (χ1) is 15.5. The number of rotatable bonds is 8. The molecule has 0 bridgehead atoms. The fourth-order valence-electron chi connectivity index (χ4n) is 4.22. The summed E-state index contributed by atoms with van der Waals surface area (Å²) in [5, 5.41) is 6.38. The quantitative estimate of drug-likeness (QED) is 0.589. The lowest BCUT2D eigenvalue weighted by Crippen LogP contribution is -2.51. The highest BCUT2D eigenvalue weighted by atomic mass is 16.5. The van der Waals surface area contributed by atoms with Gasteiger partial charge in [0.15, 0.2) is 0 Å². The summed E-state index contributed by atoms with van der Waals surface area (Å²) < 4.78 is 16.3. The van der Waals surface area contributed by atoms with Gasteiger partial charge in [-0.1, -0.05) is 0 Å². The van der Waals surface area contributed by atoms with Crippen molar-refractivity contribution in [1.29, 1.82) is 0 Å². The molecule has 3 rings (SSSR count). The first kappa shape index (κ1) is 23.9. The van der Waals surface area contributed by atoms with E-state index in [-0.39, 0.29) is 12.6 Å². The minimum atomic E-state index is -0.690. The van der Waals surface area contributed by atoms with Gasteiger partial charge < -0.3 is 24.8 Å². The Morgan fingerprint density at radius 2 is 1.97 bits per heavy atom. The number of nitrogens with one attached hydrogen (secondary N) is 2. The van der Waals surface area contributed by atoms with E-state index in [9.17, 15) is 9.59 Å². The van der Waals surface area contributed by atoms with Crippen LogP contribution < -0.4 is 20.1 Å². The average Bonchev–Trinajstić information content (AvgIpc) is 3.07. The molecule has 1 fully saturated rings. The molecule has 2 N–H and O–H groups in total. The molecule has 9 nitrogen and oxygen atoms in total. The van der Waals surface area contributed by atoms with Crippen molar-refractivity contribution < 1.29 is 23.8 Å². The molecule has 0 saturated carbocycles. The molecular weight excluding hydrogens is 412 g/mol. The summed E-state index contributed by atoms with van der Waals surface area (Å²) in [4.78, 5) is 30.3. The summed E-state index contributed by atoms with van der Waals surface area (Å²) in [6.45, 7) is 8.43. The second kappa shape index (κ2) is 11.2. The minimum absolute atomic E-state index is 0.244. The van der Waals surface area contributed by atoms with E-state index < -0.39 is 12.0 Å². The molecule has 2 aliphatic heterocycles. The van der Waals surface area contributed by atoms with Crippen molar-refractivity contribution in [2.24, 2.45) is 0 Å². The Bertz CT molecular complexity index is 849. The van der Waals surface area contributed by atoms with Gasteiger partial charge in [0, 0.05) is 43.5 Å². The van der Waals surface area contributed by atoms with Gasteiger partial charge in [-0.15, -0.1) is 0 Å². The van der Waals surface area contributed by atoms with Crippen molar-refractivity contribution >= 4 is 12.0 Å². The fourth-order valence-corrected chi connectivity index (χ4v) is 4.22. The highest BCUT2D eigenvalue weighted by molar-refractivity contribution is 5.95. The van der Waals surface area contributed by atoms with E-state index >= 15 is 0 Å². The topological polar surface area (TPSA) is 92.4 Å². The van der Waals surface area contributed by atoms with Crippen molar-refractivity contribution in [3.05, 3.63) is 35.0 Å². The van der Waals surface area contributed by atoms with Crippen molar-refractivity contribution in [1.82, 2.24) is 20.4 Å². The number of amides is 2. The second-order valence-electron chi connectivity index (χ2n) is 7.70. The molecule has 2 heterocycles. The van der Waals surface area contributed by atoms with Crippen LogP contribution in [-0.4, -0.2) is 81.9 Å². The standard InChI is InChI=1S/C23H34N4O5/c1-5-27-18(15-26-12-7-10-24-11-13-26)20(22(28)32-6-2)21(25-23(27)29)17-9-8-16(30-3)14-19(17)31-4/h8-9,14,21,24H,5-7,10-13,15H2,1-4H3,(H,25,29). The molecule has 0 aliphatic carbocycles. The maximum absolute atomic E-state index is 13.2. The van der Waals surface area contributed by atoms with Gasteiger partial charge in [-0.05, 0) is 45.5 Å². The van der Waals surface area contributed by atoms with Crippen molar-refractivity contribution in [2.45, 2.75) is 26.3 Å². The van der Waals surface area contributed by atoms with Gasteiger partial charge >= 0.3 is 12.0 Å². The van der Waals surface area contributed by atoms with E-state index in [1.54, 1.807) is 38.2 Å². The number of ether oxygens (including phenoxy) is 3.